The van der Waals surface area contributed by atoms with Crippen molar-refractivity contribution in [3.63, 3.8) is 0 Å². The summed E-state index contributed by atoms with van der Waals surface area (Å²) in [6.45, 7) is 6.47. The molecule has 0 radical (unpaired) electrons. The summed E-state index contributed by atoms with van der Waals surface area (Å²) in [5.74, 6) is 0. The van der Waals surface area contributed by atoms with Gasteiger partial charge in [-0.15, -0.1) is 0 Å². The predicted octanol–water partition coefficient (Wildman–Crippen LogP) is 4.85. The van der Waals surface area contributed by atoms with Crippen molar-refractivity contribution in [2.75, 3.05) is 0 Å². The summed E-state index contributed by atoms with van der Waals surface area (Å²) in [5, 5.41) is 0. The number of aryl methyl sites for hydroxylation is 1. The van der Waals surface area contributed by atoms with Gasteiger partial charge in [0.05, 0.1) is 4.90 Å². The maximum Gasteiger partial charge on any atom is 0.172 e. The van der Waals surface area contributed by atoms with Crippen LogP contribution in [0.3, 0.4) is 0 Å². The van der Waals surface area contributed by atoms with E-state index in [0.717, 1.165) is 23.3 Å². The average molecular weight is 313 g/mol. The number of benzene rings is 2. The molecule has 0 N–H and O–H groups in total. The molecule has 116 valence electrons. The molecule has 0 fully saturated rings. The highest BCUT2D eigenvalue weighted by Gasteiger charge is 2.18. The highest BCUT2D eigenvalue weighted by Crippen LogP contribution is 2.27. The van der Waals surface area contributed by atoms with Crippen molar-refractivity contribution in [2.45, 2.75) is 43.9 Å². The van der Waals surface area contributed by atoms with E-state index in [9.17, 15) is 4.21 Å². The Morgan fingerprint density at radius 3 is 2.32 bits per heavy atom. The van der Waals surface area contributed by atoms with Gasteiger partial charge in [0.25, 0.3) is 0 Å². The molecule has 0 spiro atoms. The second-order valence-electron chi connectivity index (χ2n) is 6.14. The van der Waals surface area contributed by atoms with E-state index in [1.165, 1.54) is 5.56 Å². The molecular formula is C19H23NOS. The first-order chi connectivity index (χ1) is 10.5. The van der Waals surface area contributed by atoms with Crippen LogP contribution in [-0.2, 0) is 16.4 Å². The van der Waals surface area contributed by atoms with E-state index in [-0.39, 0.29) is 5.41 Å². The van der Waals surface area contributed by atoms with Gasteiger partial charge in [0.2, 0.25) is 0 Å². The van der Waals surface area contributed by atoms with Crippen LogP contribution in [0.1, 0.15) is 37.8 Å². The molecule has 1 unspecified atom stereocenters. The van der Waals surface area contributed by atoms with Crippen LogP contribution in [0.5, 0.6) is 0 Å². The van der Waals surface area contributed by atoms with Crippen LogP contribution in [0.4, 0.5) is 0 Å². The summed E-state index contributed by atoms with van der Waals surface area (Å²) in [7, 11) is -1.29. The Morgan fingerprint density at radius 1 is 1.05 bits per heavy atom. The van der Waals surface area contributed by atoms with Gasteiger partial charge in [0.15, 0.2) is 11.0 Å². The van der Waals surface area contributed by atoms with Gasteiger partial charge in [-0.25, -0.2) is 4.21 Å². The average Bonchev–Trinajstić information content (AvgIpc) is 2.53. The minimum absolute atomic E-state index is 0.0959. The first-order valence-electron chi connectivity index (χ1n) is 7.56. The molecule has 2 aromatic carbocycles. The Labute approximate surface area is 135 Å². The molecule has 0 aliphatic heterocycles. The fraction of sp³-hybridized carbons (Fsp3) is 0.316. The molecule has 2 aromatic rings. The molecule has 0 aromatic heterocycles. The quantitative estimate of drug-likeness (QED) is 0.701. The largest absolute Gasteiger partial charge is 0.230 e. The van der Waals surface area contributed by atoms with Gasteiger partial charge >= 0.3 is 0 Å². The zero-order valence-electron chi connectivity index (χ0n) is 13.5. The highest BCUT2D eigenvalue weighted by molar-refractivity contribution is 7.83. The van der Waals surface area contributed by atoms with Crippen LogP contribution in [0.15, 0.2) is 63.9 Å². The Balaban J connectivity index is 1.90. The maximum atomic E-state index is 12.1. The number of nitrogens with zero attached hydrogens (tertiary/aromatic N) is 1. The molecule has 1 atom stereocenters. The van der Waals surface area contributed by atoms with E-state index >= 15 is 0 Å². The van der Waals surface area contributed by atoms with Gasteiger partial charge in [-0.2, -0.15) is 4.40 Å². The summed E-state index contributed by atoms with van der Waals surface area (Å²) in [5.41, 5.74) is 2.58. The van der Waals surface area contributed by atoms with Crippen LogP contribution in [0.2, 0.25) is 0 Å². The van der Waals surface area contributed by atoms with Crippen molar-refractivity contribution >= 4 is 17.2 Å². The minimum Gasteiger partial charge on any atom is -0.230 e. The molecule has 0 bridgehead atoms. The predicted molar refractivity (Wildman–Crippen MR) is 94.8 cm³/mol. The van der Waals surface area contributed by atoms with Crippen molar-refractivity contribution in [2.24, 2.45) is 4.40 Å². The van der Waals surface area contributed by atoms with Crippen LogP contribution in [0, 0.1) is 6.92 Å². The second-order valence-corrected chi connectivity index (χ2v) is 7.32. The van der Waals surface area contributed by atoms with Crippen LogP contribution in [-0.4, -0.2) is 10.4 Å². The fourth-order valence-electron chi connectivity index (χ4n) is 2.30. The first-order valence-corrected chi connectivity index (χ1v) is 8.66. The lowest BCUT2D eigenvalue weighted by Crippen LogP contribution is -2.16. The lowest BCUT2D eigenvalue weighted by molar-refractivity contribution is 0.493. The van der Waals surface area contributed by atoms with E-state index in [2.05, 4.69) is 42.5 Å². The Kier molecular flexibility index (Phi) is 5.67. The van der Waals surface area contributed by atoms with Gasteiger partial charge in [-0.1, -0.05) is 61.9 Å². The van der Waals surface area contributed by atoms with E-state index in [0.29, 0.717) is 0 Å². The Morgan fingerprint density at radius 2 is 1.68 bits per heavy atom. The van der Waals surface area contributed by atoms with Gasteiger partial charge in [0, 0.05) is 6.21 Å². The topological polar surface area (TPSA) is 29.4 Å². The summed E-state index contributed by atoms with van der Waals surface area (Å²) in [6, 6.07) is 18.1. The van der Waals surface area contributed by atoms with Gasteiger partial charge < -0.3 is 0 Å². The maximum absolute atomic E-state index is 12.1. The highest BCUT2D eigenvalue weighted by atomic mass is 32.2. The molecule has 0 aliphatic carbocycles. The molecular weight excluding hydrogens is 290 g/mol. The summed E-state index contributed by atoms with van der Waals surface area (Å²) in [4.78, 5) is 0.754. The lowest BCUT2D eigenvalue weighted by Gasteiger charge is -2.24. The van der Waals surface area contributed by atoms with Crippen LogP contribution in [0.25, 0.3) is 0 Å². The molecule has 0 aliphatic rings. The molecule has 0 saturated carbocycles. The zero-order valence-corrected chi connectivity index (χ0v) is 14.3. The first kappa shape index (κ1) is 16.6. The van der Waals surface area contributed by atoms with Gasteiger partial charge in [-0.3, -0.25) is 0 Å². The van der Waals surface area contributed by atoms with Crippen molar-refractivity contribution in [3.05, 3.63) is 65.7 Å². The number of hydrogen-bond donors (Lipinski definition) is 0. The molecule has 3 heteroatoms. The normalized spacial score (nSPS) is 13.4. The van der Waals surface area contributed by atoms with E-state index in [1.54, 1.807) is 6.21 Å². The van der Waals surface area contributed by atoms with Gasteiger partial charge in [0.1, 0.15) is 0 Å². The summed E-state index contributed by atoms with van der Waals surface area (Å²) < 4.78 is 16.2. The van der Waals surface area contributed by atoms with E-state index < -0.39 is 11.0 Å². The molecule has 2 rings (SSSR count). The third-order valence-electron chi connectivity index (χ3n) is 3.85. The van der Waals surface area contributed by atoms with Gasteiger partial charge in [-0.05, 0) is 42.9 Å². The molecule has 0 heterocycles. The third-order valence-corrected chi connectivity index (χ3v) is 4.86. The summed E-state index contributed by atoms with van der Waals surface area (Å²) in [6.07, 6.45) is 3.59. The number of rotatable bonds is 6. The van der Waals surface area contributed by atoms with Crippen molar-refractivity contribution in [3.8, 4) is 0 Å². The second kappa shape index (κ2) is 7.50. The SMILES string of the molecule is Cc1ccc(S(=O)N=CCCC(C)(C)c2ccccc2)cc1. The van der Waals surface area contributed by atoms with Crippen molar-refractivity contribution in [1.82, 2.24) is 0 Å². The van der Waals surface area contributed by atoms with Crippen molar-refractivity contribution < 1.29 is 4.21 Å². The number of hydrogen-bond acceptors (Lipinski definition) is 1. The Hall–Kier alpha value is -1.74. The third kappa shape index (κ3) is 4.63. The fourth-order valence-corrected chi connectivity index (χ4v) is 3.03. The molecule has 0 amide bonds. The summed E-state index contributed by atoms with van der Waals surface area (Å²) >= 11 is 0. The smallest absolute Gasteiger partial charge is 0.172 e. The van der Waals surface area contributed by atoms with Crippen LogP contribution >= 0.6 is 0 Å². The molecule has 22 heavy (non-hydrogen) atoms. The monoisotopic (exact) mass is 313 g/mol. The molecule has 0 saturated heterocycles. The standard InChI is InChI=1S/C19H23NOS/c1-16-10-12-18(13-11-16)22(21)20-15-7-14-19(2,3)17-8-5-4-6-9-17/h4-6,8-13,15H,7,14H2,1-3H3. The minimum atomic E-state index is -1.29. The molecule has 2 nitrogen and oxygen atoms in total. The Bertz CT molecular complexity index is 645. The van der Waals surface area contributed by atoms with E-state index in [1.807, 2.05) is 37.3 Å². The lowest BCUT2D eigenvalue weighted by atomic mass is 9.81. The van der Waals surface area contributed by atoms with Crippen molar-refractivity contribution in [1.29, 1.82) is 0 Å². The van der Waals surface area contributed by atoms with E-state index in [4.69, 9.17) is 0 Å². The zero-order chi connectivity index (χ0) is 16.0. The van der Waals surface area contributed by atoms with Crippen LogP contribution < -0.4 is 0 Å².